The van der Waals surface area contributed by atoms with E-state index >= 15 is 0 Å². The number of nitrogens with zero attached hydrogens (tertiary/aromatic N) is 2. The number of carbonyl (C=O) groups is 1. The van der Waals surface area contributed by atoms with Crippen molar-refractivity contribution in [2.75, 3.05) is 11.9 Å². The van der Waals surface area contributed by atoms with Crippen LogP contribution in [0.5, 0.6) is 0 Å². The van der Waals surface area contributed by atoms with Crippen LogP contribution in [0.1, 0.15) is 6.23 Å². The minimum atomic E-state index is -3.79. The molecule has 144 valence electrons. The summed E-state index contributed by atoms with van der Waals surface area (Å²) in [5.74, 6) is -3.94. The Bertz CT molecular complexity index is 730. The van der Waals surface area contributed by atoms with Crippen molar-refractivity contribution in [3.05, 3.63) is 22.7 Å². The van der Waals surface area contributed by atoms with Crippen molar-refractivity contribution in [3.8, 4) is 0 Å². The standard InChI is InChI=1S/C13H15F2N3O6Se2/c14-13(15)9(20)7(3-19)24-10(13)18-2-1-8(16-11(18)21)17-12(22)23-6-4-25-26-5-6/h1-2,6-7,9-10,19-20H,3-5H2,(H,16,17,21,22)/t7-,9-,10-/m1/s1. The maximum absolute atomic E-state index is 14.1. The Morgan fingerprint density at radius 1 is 1.50 bits per heavy atom. The Labute approximate surface area is 156 Å². The van der Waals surface area contributed by atoms with Crippen LogP contribution < -0.4 is 11.0 Å². The van der Waals surface area contributed by atoms with E-state index in [9.17, 15) is 23.5 Å². The van der Waals surface area contributed by atoms with Gasteiger partial charge >= 0.3 is 140 Å². The minimum absolute atomic E-state index is 0.127. The fraction of sp³-hybridized carbons (Fsp3) is 0.615. The Morgan fingerprint density at radius 3 is 2.77 bits per heavy atom. The number of alkyl halides is 2. The topological polar surface area (TPSA) is 123 Å². The first kappa shape index (κ1) is 19.7. The molecule has 2 aliphatic heterocycles. The Morgan fingerprint density at radius 2 is 2.19 bits per heavy atom. The summed E-state index contributed by atoms with van der Waals surface area (Å²) in [4.78, 5) is 27.3. The fourth-order valence-corrected chi connectivity index (χ4v) is 10.4. The number of ether oxygens (including phenoxy) is 2. The van der Waals surface area contributed by atoms with E-state index in [2.05, 4.69) is 10.3 Å². The van der Waals surface area contributed by atoms with Gasteiger partial charge in [0.2, 0.25) is 0 Å². The molecule has 0 radical (unpaired) electrons. The van der Waals surface area contributed by atoms with E-state index in [1.54, 1.807) is 0 Å². The summed E-state index contributed by atoms with van der Waals surface area (Å²) < 4.78 is 38.7. The summed E-state index contributed by atoms with van der Waals surface area (Å²) >= 11 is 1.06. The van der Waals surface area contributed by atoms with Crippen LogP contribution in [0, 0.1) is 0 Å². The molecule has 0 aliphatic carbocycles. The second-order valence-corrected chi connectivity index (χ2v) is 13.1. The summed E-state index contributed by atoms with van der Waals surface area (Å²) in [6.45, 7) is -0.829. The molecule has 1 amide bonds. The van der Waals surface area contributed by atoms with Crippen molar-refractivity contribution < 1.29 is 33.3 Å². The maximum atomic E-state index is 14.1. The average Bonchev–Trinajstić information content (AvgIpc) is 3.16. The fourth-order valence-electron chi connectivity index (χ4n) is 2.43. The zero-order valence-corrected chi connectivity index (χ0v) is 16.5. The van der Waals surface area contributed by atoms with Crippen LogP contribution in [0.15, 0.2) is 17.1 Å². The first-order valence-electron chi connectivity index (χ1n) is 7.46. The quantitative estimate of drug-likeness (QED) is 0.459. The third-order valence-corrected chi connectivity index (χ3v) is 11.0. The molecule has 3 heterocycles. The molecule has 3 N–H and O–H groups in total. The van der Waals surface area contributed by atoms with E-state index in [1.807, 2.05) is 0 Å². The van der Waals surface area contributed by atoms with Crippen LogP contribution >= 0.6 is 0 Å². The van der Waals surface area contributed by atoms with Gasteiger partial charge in [-0.25, -0.2) is 0 Å². The summed E-state index contributed by atoms with van der Waals surface area (Å²) in [6, 6.07) is 1.14. The van der Waals surface area contributed by atoms with Crippen molar-refractivity contribution in [3.63, 3.8) is 0 Å². The number of rotatable bonds is 4. The van der Waals surface area contributed by atoms with E-state index in [0.717, 1.165) is 22.9 Å². The van der Waals surface area contributed by atoms with Crippen molar-refractivity contribution >= 4 is 38.2 Å². The monoisotopic (exact) mass is 507 g/mol. The molecule has 0 aromatic carbocycles. The number of halogens is 2. The number of aliphatic hydroxyl groups excluding tert-OH is 2. The van der Waals surface area contributed by atoms with Crippen LogP contribution in [0.25, 0.3) is 0 Å². The van der Waals surface area contributed by atoms with E-state index in [-0.39, 0.29) is 11.9 Å². The molecular formula is C13H15F2N3O6Se2. The van der Waals surface area contributed by atoms with E-state index in [1.165, 1.54) is 0 Å². The van der Waals surface area contributed by atoms with Crippen molar-refractivity contribution in [2.45, 2.75) is 41.1 Å². The van der Waals surface area contributed by atoms with Gasteiger partial charge in [-0.1, -0.05) is 0 Å². The van der Waals surface area contributed by atoms with E-state index in [4.69, 9.17) is 14.6 Å². The van der Waals surface area contributed by atoms with Gasteiger partial charge in [0, 0.05) is 0 Å². The Hall–Kier alpha value is -1.07. The number of aliphatic hydroxyl groups is 2. The number of aromatic nitrogens is 2. The molecule has 2 aliphatic rings. The first-order valence-corrected chi connectivity index (χ1v) is 14.2. The number of amides is 1. The van der Waals surface area contributed by atoms with Crippen LogP contribution in [-0.4, -0.2) is 83.0 Å². The molecule has 0 unspecified atom stereocenters. The molecule has 26 heavy (non-hydrogen) atoms. The van der Waals surface area contributed by atoms with Crippen molar-refractivity contribution in [2.24, 2.45) is 0 Å². The molecule has 2 fully saturated rings. The summed E-state index contributed by atoms with van der Waals surface area (Å²) in [7, 11) is 0. The molecule has 1 aromatic rings. The predicted octanol–water partition coefficient (Wildman–Crippen LogP) is -0.780. The summed E-state index contributed by atoms with van der Waals surface area (Å²) in [6.07, 6.45) is -5.81. The molecule has 13 heteroatoms. The zero-order chi connectivity index (χ0) is 18.9. The molecule has 3 atom stereocenters. The third kappa shape index (κ3) is 3.94. The Kier molecular flexibility index (Phi) is 5.97. The summed E-state index contributed by atoms with van der Waals surface area (Å²) in [5, 5.41) is 22.5. The van der Waals surface area contributed by atoms with Gasteiger partial charge in [-0.05, 0) is 0 Å². The van der Waals surface area contributed by atoms with Gasteiger partial charge in [-0.3, -0.25) is 0 Å². The number of anilines is 1. The third-order valence-electron chi connectivity index (χ3n) is 3.74. The van der Waals surface area contributed by atoms with E-state index in [0.29, 0.717) is 30.8 Å². The molecule has 0 spiro atoms. The first-order chi connectivity index (χ1) is 12.3. The second-order valence-electron chi connectivity index (χ2n) is 5.55. The Balaban J connectivity index is 1.71. The molecule has 0 bridgehead atoms. The van der Waals surface area contributed by atoms with Crippen LogP contribution in [0.3, 0.4) is 0 Å². The van der Waals surface area contributed by atoms with Gasteiger partial charge in [0.05, 0.1) is 6.61 Å². The number of nitrogens with one attached hydrogen (secondary N) is 1. The molecule has 0 saturated carbocycles. The molecule has 1 aromatic heterocycles. The van der Waals surface area contributed by atoms with Crippen LogP contribution in [0.2, 0.25) is 10.6 Å². The number of hydrogen-bond donors (Lipinski definition) is 3. The second kappa shape index (κ2) is 7.89. The van der Waals surface area contributed by atoms with Gasteiger partial charge in [0.25, 0.3) is 0 Å². The van der Waals surface area contributed by atoms with Gasteiger partial charge in [-0.15, -0.1) is 0 Å². The number of carbonyl (C=O) groups excluding carboxylic acids is 1. The number of hydrogen-bond acceptors (Lipinski definition) is 7. The summed E-state index contributed by atoms with van der Waals surface area (Å²) in [5.41, 5.74) is -1.11. The SMILES string of the molecule is O=C(Nc1ccn([C@@H]2O[C@H](CO)[C@@H](O)C2(F)F)c(=O)n1)OC1C[Se][Se]C1. The molecular weight excluding hydrogens is 490 g/mol. The van der Waals surface area contributed by atoms with E-state index < -0.39 is 42.7 Å². The molecule has 2 saturated heterocycles. The normalized spacial score (nSPS) is 28.2. The average molecular weight is 505 g/mol. The molecule has 3 rings (SSSR count). The van der Waals surface area contributed by atoms with Crippen molar-refractivity contribution in [1.29, 1.82) is 0 Å². The van der Waals surface area contributed by atoms with Gasteiger partial charge in [0.15, 0.2) is 0 Å². The van der Waals surface area contributed by atoms with Gasteiger partial charge in [-0.2, -0.15) is 0 Å². The predicted molar refractivity (Wildman–Crippen MR) is 85.5 cm³/mol. The van der Waals surface area contributed by atoms with Crippen molar-refractivity contribution in [1.82, 2.24) is 9.55 Å². The molecule has 9 nitrogen and oxygen atoms in total. The van der Waals surface area contributed by atoms with Gasteiger partial charge in [0.1, 0.15) is 0 Å². The van der Waals surface area contributed by atoms with Crippen LogP contribution in [0.4, 0.5) is 19.4 Å². The van der Waals surface area contributed by atoms with Gasteiger partial charge < -0.3 is 10.2 Å². The zero-order valence-electron chi connectivity index (χ0n) is 13.1. The van der Waals surface area contributed by atoms with Crippen LogP contribution in [-0.2, 0) is 9.47 Å².